The van der Waals surface area contributed by atoms with E-state index in [0.29, 0.717) is 36.0 Å². The van der Waals surface area contributed by atoms with Gasteiger partial charge >= 0.3 is 0 Å². The highest BCUT2D eigenvalue weighted by Crippen LogP contribution is 2.31. The number of carbonyl (C=O) groups is 3. The van der Waals surface area contributed by atoms with E-state index in [1.165, 1.54) is 4.90 Å². The Hall–Kier alpha value is -3.87. The third kappa shape index (κ3) is 4.09. The van der Waals surface area contributed by atoms with Crippen LogP contribution in [-0.4, -0.2) is 58.3 Å². The fraction of sp³-hybridized carbons (Fsp3) is 0.296. The molecular weight excluding hydrogens is 430 g/mol. The van der Waals surface area contributed by atoms with Crippen LogP contribution in [0, 0.1) is 0 Å². The first-order chi connectivity index (χ1) is 16.5. The average molecular weight is 458 g/mol. The number of amides is 3. The molecule has 2 heterocycles. The van der Waals surface area contributed by atoms with Gasteiger partial charge in [0.1, 0.15) is 11.8 Å². The molecule has 0 radical (unpaired) electrons. The van der Waals surface area contributed by atoms with Crippen molar-refractivity contribution in [2.75, 3.05) is 25.0 Å². The predicted molar refractivity (Wildman–Crippen MR) is 130 cm³/mol. The summed E-state index contributed by atoms with van der Waals surface area (Å²) in [7, 11) is 0. The lowest BCUT2D eigenvalue weighted by molar-refractivity contribution is -0.119. The second-order valence-electron chi connectivity index (χ2n) is 8.91. The zero-order chi connectivity index (χ0) is 23.7. The third-order valence-electron chi connectivity index (χ3n) is 6.74. The van der Waals surface area contributed by atoms with Gasteiger partial charge in [-0.1, -0.05) is 30.3 Å². The smallest absolute Gasteiger partial charge is 0.258 e. The Kier molecular flexibility index (Phi) is 5.92. The number of likely N-dealkylation sites (tertiary alicyclic amines) is 2. The Labute approximate surface area is 198 Å². The largest absolute Gasteiger partial charge is 0.506 e. The van der Waals surface area contributed by atoms with Crippen LogP contribution in [0.15, 0.2) is 60.7 Å². The fourth-order valence-electron chi connectivity index (χ4n) is 4.89. The Bertz CT molecular complexity index is 1250. The van der Waals surface area contributed by atoms with E-state index in [1.807, 2.05) is 23.1 Å². The standard InChI is InChI=1S/C27H27N3O4/c31-24-21-7-2-1-6-18(21)11-14-22(24)27(34)30-17-5-8-23(30)25(32)28-20-12-9-19(10-13-20)26(33)29-15-3-4-16-29/h1-2,6-7,9-14,23,31H,3-5,8,15-17H2,(H,28,32)/t23-/m0/s1. The van der Waals surface area contributed by atoms with Crippen molar-refractivity contribution in [1.82, 2.24) is 9.80 Å². The van der Waals surface area contributed by atoms with Crippen molar-refractivity contribution in [2.45, 2.75) is 31.7 Å². The number of phenols is 1. The van der Waals surface area contributed by atoms with Crippen LogP contribution in [-0.2, 0) is 4.79 Å². The van der Waals surface area contributed by atoms with E-state index in [0.717, 1.165) is 31.3 Å². The van der Waals surface area contributed by atoms with Crippen LogP contribution in [0.3, 0.4) is 0 Å². The van der Waals surface area contributed by atoms with E-state index in [-0.39, 0.29) is 29.0 Å². The molecule has 5 rings (SSSR count). The van der Waals surface area contributed by atoms with Gasteiger partial charge in [0.05, 0.1) is 5.56 Å². The quantitative estimate of drug-likeness (QED) is 0.619. The summed E-state index contributed by atoms with van der Waals surface area (Å²) in [6.07, 6.45) is 3.33. The number of benzene rings is 3. The Morgan fingerprint density at radius 3 is 2.32 bits per heavy atom. The Morgan fingerprint density at radius 1 is 0.824 bits per heavy atom. The van der Waals surface area contributed by atoms with Crippen LogP contribution in [0.1, 0.15) is 46.4 Å². The van der Waals surface area contributed by atoms with E-state index < -0.39 is 6.04 Å². The molecule has 3 amide bonds. The fourth-order valence-corrected chi connectivity index (χ4v) is 4.89. The summed E-state index contributed by atoms with van der Waals surface area (Å²) in [5.74, 6) is -0.678. The van der Waals surface area contributed by atoms with Gasteiger partial charge in [-0.15, -0.1) is 0 Å². The summed E-state index contributed by atoms with van der Waals surface area (Å²) in [4.78, 5) is 42.2. The van der Waals surface area contributed by atoms with Gasteiger partial charge < -0.3 is 20.2 Å². The molecular formula is C27H27N3O4. The minimum Gasteiger partial charge on any atom is -0.506 e. The molecule has 2 aliphatic rings. The molecule has 174 valence electrons. The van der Waals surface area contributed by atoms with Crippen molar-refractivity contribution in [3.8, 4) is 5.75 Å². The number of hydrogen-bond acceptors (Lipinski definition) is 4. The highest BCUT2D eigenvalue weighted by molar-refractivity contribution is 6.06. The molecule has 7 heteroatoms. The molecule has 0 aromatic heterocycles. The van der Waals surface area contributed by atoms with Crippen LogP contribution >= 0.6 is 0 Å². The SMILES string of the molecule is O=C(Nc1ccc(C(=O)N2CCCC2)cc1)[C@@H]1CCCN1C(=O)c1ccc2ccccc2c1O. The Morgan fingerprint density at radius 2 is 1.56 bits per heavy atom. The topological polar surface area (TPSA) is 90.0 Å². The van der Waals surface area contributed by atoms with Gasteiger partial charge in [0.25, 0.3) is 11.8 Å². The predicted octanol–water partition coefficient (Wildman–Crippen LogP) is 4.02. The molecule has 3 aromatic rings. The zero-order valence-electron chi connectivity index (χ0n) is 18.9. The number of fused-ring (bicyclic) bond motifs is 1. The van der Waals surface area contributed by atoms with Crippen molar-refractivity contribution in [3.05, 3.63) is 71.8 Å². The number of phenolic OH excluding ortho intramolecular Hbond substituents is 1. The van der Waals surface area contributed by atoms with Crippen molar-refractivity contribution < 1.29 is 19.5 Å². The lowest BCUT2D eigenvalue weighted by atomic mass is 10.0. The summed E-state index contributed by atoms with van der Waals surface area (Å²) >= 11 is 0. The molecule has 2 fully saturated rings. The molecule has 7 nitrogen and oxygen atoms in total. The van der Waals surface area contributed by atoms with Gasteiger partial charge in [-0.05, 0) is 61.4 Å². The van der Waals surface area contributed by atoms with E-state index in [4.69, 9.17) is 0 Å². The molecule has 1 atom stereocenters. The summed E-state index contributed by atoms with van der Waals surface area (Å²) in [6, 6.07) is 17.0. The van der Waals surface area contributed by atoms with E-state index in [2.05, 4.69) is 5.32 Å². The van der Waals surface area contributed by atoms with E-state index in [1.54, 1.807) is 42.5 Å². The number of anilines is 1. The number of carbonyl (C=O) groups excluding carboxylic acids is 3. The summed E-state index contributed by atoms with van der Waals surface area (Å²) in [5, 5.41) is 15.0. The molecule has 2 aliphatic heterocycles. The molecule has 34 heavy (non-hydrogen) atoms. The maximum absolute atomic E-state index is 13.3. The second-order valence-corrected chi connectivity index (χ2v) is 8.91. The molecule has 0 bridgehead atoms. The highest BCUT2D eigenvalue weighted by atomic mass is 16.3. The molecule has 2 N–H and O–H groups in total. The summed E-state index contributed by atoms with van der Waals surface area (Å²) < 4.78 is 0. The number of nitrogens with zero attached hydrogens (tertiary/aromatic N) is 2. The monoisotopic (exact) mass is 457 g/mol. The maximum atomic E-state index is 13.3. The number of hydrogen-bond donors (Lipinski definition) is 2. The molecule has 0 spiro atoms. The van der Waals surface area contributed by atoms with Crippen LogP contribution in [0.4, 0.5) is 5.69 Å². The van der Waals surface area contributed by atoms with Crippen molar-refractivity contribution in [2.24, 2.45) is 0 Å². The maximum Gasteiger partial charge on any atom is 0.258 e. The minimum absolute atomic E-state index is 0.0122. The van der Waals surface area contributed by atoms with E-state index >= 15 is 0 Å². The highest BCUT2D eigenvalue weighted by Gasteiger charge is 2.35. The molecule has 3 aromatic carbocycles. The number of nitrogens with one attached hydrogen (secondary N) is 1. The lowest BCUT2D eigenvalue weighted by Crippen LogP contribution is -2.43. The van der Waals surface area contributed by atoms with E-state index in [9.17, 15) is 19.5 Å². The van der Waals surface area contributed by atoms with Gasteiger partial charge in [-0.2, -0.15) is 0 Å². The zero-order valence-corrected chi connectivity index (χ0v) is 18.9. The van der Waals surface area contributed by atoms with Crippen LogP contribution in [0.5, 0.6) is 5.75 Å². The van der Waals surface area contributed by atoms with Gasteiger partial charge in [0.15, 0.2) is 0 Å². The Balaban J connectivity index is 1.29. The van der Waals surface area contributed by atoms with Gasteiger partial charge in [-0.25, -0.2) is 0 Å². The summed E-state index contributed by atoms with van der Waals surface area (Å²) in [5.41, 5.74) is 1.38. The van der Waals surface area contributed by atoms with Crippen molar-refractivity contribution in [1.29, 1.82) is 0 Å². The molecule has 0 aliphatic carbocycles. The number of aromatic hydroxyl groups is 1. The minimum atomic E-state index is -0.621. The molecule has 2 saturated heterocycles. The molecule has 0 saturated carbocycles. The third-order valence-corrected chi connectivity index (χ3v) is 6.74. The van der Waals surface area contributed by atoms with Gasteiger partial charge in [0, 0.05) is 36.3 Å². The first-order valence-electron chi connectivity index (χ1n) is 11.7. The summed E-state index contributed by atoms with van der Waals surface area (Å²) in [6.45, 7) is 2.03. The second kappa shape index (κ2) is 9.17. The van der Waals surface area contributed by atoms with Gasteiger partial charge in [-0.3, -0.25) is 14.4 Å². The first-order valence-corrected chi connectivity index (χ1v) is 11.7. The normalized spacial score (nSPS) is 17.8. The first kappa shape index (κ1) is 21.9. The van der Waals surface area contributed by atoms with Crippen molar-refractivity contribution in [3.63, 3.8) is 0 Å². The van der Waals surface area contributed by atoms with Crippen LogP contribution in [0.2, 0.25) is 0 Å². The number of rotatable bonds is 4. The van der Waals surface area contributed by atoms with Crippen LogP contribution < -0.4 is 5.32 Å². The lowest BCUT2D eigenvalue weighted by Gasteiger charge is -2.24. The van der Waals surface area contributed by atoms with Crippen molar-refractivity contribution >= 4 is 34.2 Å². The van der Waals surface area contributed by atoms with Crippen LogP contribution in [0.25, 0.3) is 10.8 Å². The average Bonchev–Trinajstić information content (AvgIpc) is 3.57. The molecule has 0 unspecified atom stereocenters. The van der Waals surface area contributed by atoms with Gasteiger partial charge in [0.2, 0.25) is 5.91 Å².